The number of aromatic nitrogens is 2. The predicted octanol–water partition coefficient (Wildman–Crippen LogP) is 2.22. The van der Waals surface area contributed by atoms with Gasteiger partial charge >= 0.3 is 5.97 Å². The van der Waals surface area contributed by atoms with Gasteiger partial charge in [-0.15, -0.1) is 16.8 Å². The molecule has 7 heteroatoms. The highest BCUT2D eigenvalue weighted by atomic mass is 35.5. The number of carboxylic acids is 1. The minimum Gasteiger partial charge on any atom is -0.480 e. The van der Waals surface area contributed by atoms with Crippen molar-refractivity contribution < 1.29 is 9.90 Å². The van der Waals surface area contributed by atoms with Crippen LogP contribution in [0.25, 0.3) is 0 Å². The van der Waals surface area contributed by atoms with E-state index < -0.39 is 12.0 Å². The molecule has 0 spiro atoms. The normalized spacial score (nSPS) is 11.9. The Balaban J connectivity index is 2.88. The van der Waals surface area contributed by atoms with Gasteiger partial charge in [0.25, 0.3) is 0 Å². The van der Waals surface area contributed by atoms with E-state index in [1.807, 2.05) is 0 Å². The maximum absolute atomic E-state index is 10.9. The van der Waals surface area contributed by atoms with E-state index in [0.29, 0.717) is 5.69 Å². The van der Waals surface area contributed by atoms with E-state index in [9.17, 15) is 4.79 Å². The summed E-state index contributed by atoms with van der Waals surface area (Å²) >= 11 is 11.3. The zero-order valence-electron chi connectivity index (χ0n) is 8.15. The Bertz CT molecular complexity index is 412. The SMILES string of the molecule is C=CCC(Nc1cc(Cl)nnc1Cl)C(=O)O. The summed E-state index contributed by atoms with van der Waals surface area (Å²) in [5.41, 5.74) is 0.330. The Labute approximate surface area is 102 Å². The molecule has 5 nitrogen and oxygen atoms in total. The second kappa shape index (κ2) is 5.67. The number of rotatable bonds is 5. The molecular weight excluding hydrogens is 253 g/mol. The van der Waals surface area contributed by atoms with Gasteiger partial charge in [-0.2, -0.15) is 0 Å². The molecule has 0 radical (unpaired) electrons. The van der Waals surface area contributed by atoms with E-state index in [-0.39, 0.29) is 16.7 Å². The number of halogens is 2. The monoisotopic (exact) mass is 261 g/mol. The van der Waals surface area contributed by atoms with Gasteiger partial charge in [-0.1, -0.05) is 29.3 Å². The summed E-state index contributed by atoms with van der Waals surface area (Å²) in [7, 11) is 0. The number of nitrogens with zero attached hydrogens (tertiary/aromatic N) is 2. The largest absolute Gasteiger partial charge is 0.480 e. The van der Waals surface area contributed by atoms with Crippen LogP contribution in [-0.2, 0) is 4.79 Å². The van der Waals surface area contributed by atoms with Crippen molar-refractivity contribution in [2.24, 2.45) is 0 Å². The third kappa shape index (κ3) is 3.36. The van der Waals surface area contributed by atoms with Gasteiger partial charge in [-0.3, -0.25) is 0 Å². The van der Waals surface area contributed by atoms with E-state index >= 15 is 0 Å². The molecule has 0 saturated carbocycles. The molecular formula is C9H9Cl2N3O2. The van der Waals surface area contributed by atoms with Crippen LogP contribution in [-0.4, -0.2) is 27.3 Å². The Morgan fingerprint density at radius 3 is 2.88 bits per heavy atom. The standard InChI is InChI=1S/C9H9Cl2N3O2/c1-2-3-5(9(15)16)12-6-4-7(10)13-14-8(6)11/h2,4-5H,1,3H2,(H,12,13)(H,15,16). The number of nitrogens with one attached hydrogen (secondary N) is 1. The van der Waals surface area contributed by atoms with Crippen molar-refractivity contribution in [3.8, 4) is 0 Å². The first kappa shape index (κ1) is 12.7. The summed E-state index contributed by atoms with van der Waals surface area (Å²) < 4.78 is 0. The predicted molar refractivity (Wildman–Crippen MR) is 61.9 cm³/mol. The zero-order valence-corrected chi connectivity index (χ0v) is 9.66. The van der Waals surface area contributed by atoms with Crippen molar-refractivity contribution in [2.45, 2.75) is 12.5 Å². The molecule has 1 heterocycles. The Hall–Kier alpha value is -1.33. The Morgan fingerprint density at radius 2 is 2.31 bits per heavy atom. The molecule has 0 bridgehead atoms. The third-order valence-corrected chi connectivity index (χ3v) is 2.21. The van der Waals surface area contributed by atoms with Crippen molar-refractivity contribution in [3.63, 3.8) is 0 Å². The zero-order chi connectivity index (χ0) is 12.1. The molecule has 0 fully saturated rings. The minimum atomic E-state index is -1.01. The maximum Gasteiger partial charge on any atom is 0.326 e. The summed E-state index contributed by atoms with van der Waals surface area (Å²) in [6, 6.07) is 0.589. The van der Waals surface area contributed by atoms with E-state index in [2.05, 4.69) is 22.1 Å². The molecule has 0 aliphatic carbocycles. The highest BCUT2D eigenvalue weighted by molar-refractivity contribution is 6.33. The summed E-state index contributed by atoms with van der Waals surface area (Å²) in [6.07, 6.45) is 1.75. The lowest BCUT2D eigenvalue weighted by atomic mass is 10.2. The van der Waals surface area contributed by atoms with Crippen LogP contribution in [0.5, 0.6) is 0 Å². The summed E-state index contributed by atoms with van der Waals surface area (Å²) in [6.45, 7) is 3.47. The first-order chi connectivity index (χ1) is 7.54. The lowest BCUT2D eigenvalue weighted by Crippen LogP contribution is -2.28. The highest BCUT2D eigenvalue weighted by Crippen LogP contribution is 2.22. The smallest absolute Gasteiger partial charge is 0.326 e. The van der Waals surface area contributed by atoms with Crippen LogP contribution in [0.4, 0.5) is 5.69 Å². The summed E-state index contributed by atoms with van der Waals surface area (Å²) in [5, 5.41) is 18.9. The van der Waals surface area contributed by atoms with Crippen LogP contribution in [0, 0.1) is 0 Å². The van der Waals surface area contributed by atoms with Gasteiger partial charge in [0, 0.05) is 6.07 Å². The molecule has 1 aromatic rings. The maximum atomic E-state index is 10.9. The van der Waals surface area contributed by atoms with Crippen LogP contribution >= 0.6 is 23.2 Å². The second-order valence-electron chi connectivity index (χ2n) is 2.93. The van der Waals surface area contributed by atoms with Crippen molar-refractivity contribution in [1.29, 1.82) is 0 Å². The van der Waals surface area contributed by atoms with Crippen LogP contribution in [0.3, 0.4) is 0 Å². The van der Waals surface area contributed by atoms with Crippen molar-refractivity contribution in [2.75, 3.05) is 5.32 Å². The number of aliphatic carboxylic acids is 1. The van der Waals surface area contributed by atoms with Gasteiger partial charge in [-0.25, -0.2) is 4.79 Å². The molecule has 0 saturated heterocycles. The topological polar surface area (TPSA) is 75.1 Å². The molecule has 2 N–H and O–H groups in total. The van der Waals surface area contributed by atoms with Gasteiger partial charge in [-0.05, 0) is 6.42 Å². The van der Waals surface area contributed by atoms with Gasteiger partial charge in [0.2, 0.25) is 0 Å². The molecule has 1 rings (SSSR count). The summed E-state index contributed by atoms with van der Waals surface area (Å²) in [5.74, 6) is -1.01. The van der Waals surface area contributed by atoms with E-state index in [1.165, 1.54) is 12.1 Å². The fourth-order valence-corrected chi connectivity index (χ4v) is 1.32. The third-order valence-electron chi connectivity index (χ3n) is 1.75. The number of anilines is 1. The highest BCUT2D eigenvalue weighted by Gasteiger charge is 2.17. The molecule has 1 atom stereocenters. The quantitative estimate of drug-likeness (QED) is 0.796. The average Bonchev–Trinajstić information content (AvgIpc) is 2.22. The number of hydrogen-bond donors (Lipinski definition) is 2. The molecule has 0 amide bonds. The molecule has 1 unspecified atom stereocenters. The van der Waals surface area contributed by atoms with Gasteiger partial charge < -0.3 is 10.4 Å². The van der Waals surface area contributed by atoms with Crippen LogP contribution in [0.1, 0.15) is 6.42 Å². The van der Waals surface area contributed by atoms with Gasteiger partial charge in [0.1, 0.15) is 6.04 Å². The minimum absolute atomic E-state index is 0.0692. The molecule has 0 aromatic carbocycles. The molecule has 1 aromatic heterocycles. The lowest BCUT2D eigenvalue weighted by Gasteiger charge is -2.14. The molecule has 16 heavy (non-hydrogen) atoms. The lowest BCUT2D eigenvalue weighted by molar-refractivity contribution is -0.137. The van der Waals surface area contributed by atoms with E-state index in [1.54, 1.807) is 0 Å². The average molecular weight is 262 g/mol. The summed E-state index contributed by atoms with van der Waals surface area (Å²) in [4.78, 5) is 10.9. The van der Waals surface area contributed by atoms with Crippen LogP contribution in [0.2, 0.25) is 10.3 Å². The molecule has 0 aliphatic rings. The van der Waals surface area contributed by atoms with Gasteiger partial charge in [0.15, 0.2) is 10.3 Å². The van der Waals surface area contributed by atoms with E-state index in [4.69, 9.17) is 28.3 Å². The first-order valence-electron chi connectivity index (χ1n) is 4.33. The van der Waals surface area contributed by atoms with Crippen LogP contribution in [0.15, 0.2) is 18.7 Å². The van der Waals surface area contributed by atoms with E-state index in [0.717, 1.165) is 0 Å². The fourth-order valence-electron chi connectivity index (χ4n) is 1.03. The number of hydrogen-bond acceptors (Lipinski definition) is 4. The second-order valence-corrected chi connectivity index (χ2v) is 3.68. The number of carboxylic acid groups (broad SMARTS) is 1. The van der Waals surface area contributed by atoms with Gasteiger partial charge in [0.05, 0.1) is 5.69 Å². The number of carbonyl (C=O) groups is 1. The molecule has 0 aliphatic heterocycles. The fraction of sp³-hybridized carbons (Fsp3) is 0.222. The van der Waals surface area contributed by atoms with Crippen molar-refractivity contribution >= 4 is 34.9 Å². The molecule has 86 valence electrons. The van der Waals surface area contributed by atoms with Crippen molar-refractivity contribution in [3.05, 3.63) is 29.0 Å². The van der Waals surface area contributed by atoms with Crippen molar-refractivity contribution in [1.82, 2.24) is 10.2 Å². The Morgan fingerprint density at radius 1 is 1.62 bits per heavy atom. The van der Waals surface area contributed by atoms with Crippen LogP contribution < -0.4 is 5.32 Å². The first-order valence-corrected chi connectivity index (χ1v) is 5.09. The Kier molecular flexibility index (Phi) is 4.52.